The van der Waals surface area contributed by atoms with Crippen molar-refractivity contribution in [3.05, 3.63) is 84.1 Å². The highest BCUT2D eigenvalue weighted by atomic mass is 28.4. The summed E-state index contributed by atoms with van der Waals surface area (Å²) < 4.78 is 0. The van der Waals surface area contributed by atoms with Gasteiger partial charge in [-0.15, -0.1) is 0 Å². The van der Waals surface area contributed by atoms with E-state index < -0.39 is 8.32 Å². The average molecular weight is 278 g/mol. The zero-order chi connectivity index (χ0) is 13.8. The molecule has 0 amide bonds. The Labute approximate surface area is 121 Å². The summed E-state index contributed by atoms with van der Waals surface area (Å²) in [6, 6.07) is 20.2. The Balaban J connectivity index is 2.18. The quantitative estimate of drug-likeness (QED) is 0.856. The van der Waals surface area contributed by atoms with Gasteiger partial charge in [-0.2, -0.15) is 0 Å². The van der Waals surface area contributed by atoms with E-state index >= 15 is 0 Å². The Morgan fingerprint density at radius 3 is 1.75 bits per heavy atom. The van der Waals surface area contributed by atoms with E-state index in [0.717, 1.165) is 28.4 Å². The van der Waals surface area contributed by atoms with Crippen LogP contribution in [0.15, 0.2) is 84.1 Å². The van der Waals surface area contributed by atoms with E-state index in [2.05, 4.69) is 18.2 Å². The van der Waals surface area contributed by atoms with Gasteiger partial charge in [-0.3, -0.25) is 0 Å². The van der Waals surface area contributed by atoms with Gasteiger partial charge in [0.05, 0.1) is 0 Å². The van der Waals surface area contributed by atoms with Crippen LogP contribution in [0.1, 0.15) is 12.8 Å². The minimum atomic E-state index is -2.83. The van der Waals surface area contributed by atoms with Crippen molar-refractivity contribution in [2.24, 2.45) is 0 Å². The van der Waals surface area contributed by atoms with Crippen LogP contribution in [0.5, 0.6) is 0 Å². The van der Waals surface area contributed by atoms with E-state index in [4.69, 9.17) is 0 Å². The molecule has 3 rings (SSSR count). The summed E-state index contributed by atoms with van der Waals surface area (Å²) in [4.78, 5) is 11.6. The van der Waals surface area contributed by atoms with Crippen molar-refractivity contribution in [1.29, 1.82) is 0 Å². The smallest absolute Gasteiger partial charge is 0.285 e. The largest absolute Gasteiger partial charge is 0.421 e. The molecular weight excluding hydrogens is 260 g/mol. The van der Waals surface area contributed by atoms with Gasteiger partial charge in [0.2, 0.25) is 0 Å². The van der Waals surface area contributed by atoms with E-state index in [9.17, 15) is 4.80 Å². The Morgan fingerprint density at radius 1 is 0.750 bits per heavy atom. The van der Waals surface area contributed by atoms with Gasteiger partial charge in [-0.25, -0.2) is 0 Å². The van der Waals surface area contributed by atoms with Crippen LogP contribution in [0.2, 0.25) is 0 Å². The summed E-state index contributed by atoms with van der Waals surface area (Å²) in [7, 11) is -2.83. The van der Waals surface area contributed by atoms with E-state index in [1.165, 1.54) is 0 Å². The lowest BCUT2D eigenvalue weighted by molar-refractivity contribution is 0.578. The predicted octanol–water partition coefficient (Wildman–Crippen LogP) is 2.55. The third-order valence-electron chi connectivity index (χ3n) is 3.80. The third kappa shape index (κ3) is 2.28. The molecule has 0 atom stereocenters. The van der Waals surface area contributed by atoms with E-state index in [1.54, 1.807) is 0 Å². The number of hydrogen-bond donors (Lipinski definition) is 1. The monoisotopic (exact) mass is 278 g/mol. The molecule has 100 valence electrons. The number of allylic oxidation sites excluding steroid dienone is 4. The maximum Gasteiger partial charge on any atom is 0.285 e. The molecule has 1 N–H and O–H groups in total. The van der Waals surface area contributed by atoms with E-state index in [1.807, 2.05) is 60.7 Å². The van der Waals surface area contributed by atoms with Gasteiger partial charge >= 0.3 is 0 Å². The van der Waals surface area contributed by atoms with Crippen LogP contribution >= 0.6 is 0 Å². The second-order valence-electron chi connectivity index (χ2n) is 5.08. The normalized spacial score (nSPS) is 14.9. The molecule has 0 heterocycles. The first-order valence-electron chi connectivity index (χ1n) is 7.02. The SMILES string of the molecule is O[Si](C1=CCCC=C1)(c1ccccc1)c1ccccc1. The van der Waals surface area contributed by atoms with Crippen molar-refractivity contribution in [2.45, 2.75) is 12.8 Å². The minimum absolute atomic E-state index is 1.01. The van der Waals surface area contributed by atoms with Gasteiger partial charge in [-0.1, -0.05) is 78.9 Å². The van der Waals surface area contributed by atoms with Crippen LogP contribution in [0.3, 0.4) is 0 Å². The van der Waals surface area contributed by atoms with Gasteiger partial charge in [0.25, 0.3) is 8.32 Å². The van der Waals surface area contributed by atoms with Crippen LogP contribution < -0.4 is 10.4 Å². The second kappa shape index (κ2) is 5.61. The molecule has 0 radical (unpaired) electrons. The predicted molar refractivity (Wildman–Crippen MR) is 86.6 cm³/mol. The van der Waals surface area contributed by atoms with Crippen molar-refractivity contribution < 1.29 is 4.80 Å². The molecular formula is C18H18OSi. The number of benzene rings is 2. The molecule has 2 aromatic rings. The third-order valence-corrected chi connectivity index (χ3v) is 7.34. The summed E-state index contributed by atoms with van der Waals surface area (Å²) in [5.41, 5.74) is 0. The van der Waals surface area contributed by atoms with Gasteiger partial charge in [0, 0.05) is 0 Å². The first-order valence-corrected chi connectivity index (χ1v) is 8.97. The molecule has 0 aliphatic heterocycles. The van der Waals surface area contributed by atoms with Crippen molar-refractivity contribution in [2.75, 3.05) is 0 Å². The zero-order valence-electron chi connectivity index (χ0n) is 11.4. The Morgan fingerprint density at radius 2 is 1.30 bits per heavy atom. The maximum absolute atomic E-state index is 11.6. The highest BCUT2D eigenvalue weighted by Gasteiger charge is 2.39. The minimum Gasteiger partial charge on any atom is -0.421 e. The molecule has 0 spiro atoms. The van der Waals surface area contributed by atoms with Gasteiger partial charge in [0.15, 0.2) is 0 Å². The molecule has 2 aromatic carbocycles. The average Bonchev–Trinajstić information content (AvgIpc) is 2.56. The summed E-state index contributed by atoms with van der Waals surface area (Å²) in [5.74, 6) is 0. The van der Waals surface area contributed by atoms with Gasteiger partial charge < -0.3 is 4.80 Å². The van der Waals surface area contributed by atoms with Crippen molar-refractivity contribution in [3.8, 4) is 0 Å². The summed E-state index contributed by atoms with van der Waals surface area (Å²) >= 11 is 0. The lowest BCUT2D eigenvalue weighted by Crippen LogP contribution is -2.60. The summed E-state index contributed by atoms with van der Waals surface area (Å²) in [6.07, 6.45) is 8.56. The fourth-order valence-electron chi connectivity index (χ4n) is 2.74. The first-order chi connectivity index (χ1) is 9.82. The topological polar surface area (TPSA) is 20.2 Å². The van der Waals surface area contributed by atoms with Gasteiger partial charge in [0.1, 0.15) is 0 Å². The number of hydrogen-bond acceptors (Lipinski definition) is 1. The van der Waals surface area contributed by atoms with Crippen LogP contribution in [-0.4, -0.2) is 13.1 Å². The fraction of sp³-hybridized carbons (Fsp3) is 0.111. The molecule has 0 aromatic heterocycles. The van der Waals surface area contributed by atoms with Crippen LogP contribution in [-0.2, 0) is 0 Å². The maximum atomic E-state index is 11.6. The second-order valence-corrected chi connectivity index (χ2v) is 8.23. The van der Waals surface area contributed by atoms with E-state index in [-0.39, 0.29) is 0 Å². The van der Waals surface area contributed by atoms with Crippen molar-refractivity contribution in [1.82, 2.24) is 0 Å². The molecule has 0 bridgehead atoms. The highest BCUT2D eigenvalue weighted by molar-refractivity contribution is 7.02. The molecule has 1 aliphatic rings. The zero-order valence-corrected chi connectivity index (χ0v) is 12.4. The van der Waals surface area contributed by atoms with Gasteiger partial charge in [-0.05, 0) is 28.4 Å². The molecule has 2 heteroatoms. The van der Waals surface area contributed by atoms with Crippen molar-refractivity contribution in [3.63, 3.8) is 0 Å². The molecule has 0 saturated carbocycles. The first kappa shape index (κ1) is 13.1. The highest BCUT2D eigenvalue weighted by Crippen LogP contribution is 2.19. The Bertz CT molecular complexity index is 589. The fourth-order valence-corrected chi connectivity index (χ4v) is 5.89. The lowest BCUT2D eigenvalue weighted by Gasteiger charge is -2.28. The molecule has 0 saturated heterocycles. The van der Waals surface area contributed by atoms with Crippen molar-refractivity contribution >= 4 is 18.7 Å². The molecule has 20 heavy (non-hydrogen) atoms. The summed E-state index contributed by atoms with van der Waals surface area (Å²) in [5, 5.41) is 3.19. The van der Waals surface area contributed by atoms with Crippen LogP contribution in [0.4, 0.5) is 0 Å². The molecule has 0 fully saturated rings. The standard InChI is InChI=1S/C18H18OSi/c19-20(16-10-4-1-5-11-16,17-12-6-2-7-13-17)18-14-8-3-9-15-18/h1-2,4-8,10-15,19H,3,9H2. The van der Waals surface area contributed by atoms with Crippen LogP contribution in [0, 0.1) is 0 Å². The number of rotatable bonds is 3. The van der Waals surface area contributed by atoms with E-state index in [0.29, 0.717) is 0 Å². The molecule has 0 unspecified atom stereocenters. The lowest BCUT2D eigenvalue weighted by atomic mass is 10.2. The summed E-state index contributed by atoms with van der Waals surface area (Å²) in [6.45, 7) is 0. The Kier molecular flexibility index (Phi) is 3.67. The molecule has 1 aliphatic carbocycles. The van der Waals surface area contributed by atoms with Crippen LogP contribution in [0.25, 0.3) is 0 Å². The molecule has 1 nitrogen and oxygen atoms in total. The Hall–Kier alpha value is -1.90.